The van der Waals surface area contributed by atoms with Crippen molar-refractivity contribution in [3.63, 3.8) is 0 Å². The maximum Gasteiger partial charge on any atom is 0.0210 e. The monoisotopic (exact) mass is 240 g/mol. The number of rotatable bonds is 3. The van der Waals surface area contributed by atoms with Gasteiger partial charge in [-0.05, 0) is 29.9 Å². The van der Waals surface area contributed by atoms with Crippen molar-refractivity contribution in [1.29, 1.82) is 0 Å². The Kier molecular flexibility index (Phi) is 3.98. The highest BCUT2D eigenvalue weighted by molar-refractivity contribution is 9.10. The first-order valence-corrected chi connectivity index (χ1v) is 5.65. The van der Waals surface area contributed by atoms with Crippen LogP contribution >= 0.6 is 15.9 Å². The lowest BCUT2D eigenvalue weighted by Crippen LogP contribution is -1.99. The Morgan fingerprint density at radius 2 is 1.77 bits per heavy atom. The van der Waals surface area contributed by atoms with Crippen LogP contribution in [0, 0.1) is 5.92 Å². The minimum absolute atomic E-state index is 0.649. The molecule has 1 atom stereocenters. The van der Waals surface area contributed by atoms with Crippen molar-refractivity contribution < 1.29 is 0 Å². The van der Waals surface area contributed by atoms with Gasteiger partial charge in [0.2, 0.25) is 0 Å². The Morgan fingerprint density at radius 3 is 2.31 bits per heavy atom. The molecular weight excluding hydrogens is 224 g/mol. The highest BCUT2D eigenvalue weighted by Crippen LogP contribution is 2.28. The van der Waals surface area contributed by atoms with Gasteiger partial charge in [-0.15, -0.1) is 0 Å². The molecule has 13 heavy (non-hydrogen) atoms. The van der Waals surface area contributed by atoms with Gasteiger partial charge in [0.1, 0.15) is 0 Å². The van der Waals surface area contributed by atoms with Crippen molar-refractivity contribution in [1.82, 2.24) is 0 Å². The van der Waals surface area contributed by atoms with Crippen LogP contribution < -0.4 is 0 Å². The fourth-order valence-electron chi connectivity index (χ4n) is 1.71. The molecule has 0 spiro atoms. The van der Waals surface area contributed by atoms with Gasteiger partial charge in [-0.3, -0.25) is 0 Å². The van der Waals surface area contributed by atoms with Crippen LogP contribution in [0.4, 0.5) is 0 Å². The number of hydrogen-bond donors (Lipinski definition) is 0. The van der Waals surface area contributed by atoms with Crippen LogP contribution in [0.25, 0.3) is 0 Å². The van der Waals surface area contributed by atoms with Gasteiger partial charge in [0, 0.05) is 4.47 Å². The van der Waals surface area contributed by atoms with Crippen LogP contribution in [0.5, 0.6) is 0 Å². The topological polar surface area (TPSA) is 0 Å². The molecule has 1 heteroatoms. The predicted molar refractivity (Wildman–Crippen MR) is 62.0 cm³/mol. The molecule has 0 aliphatic heterocycles. The number of hydrogen-bond acceptors (Lipinski definition) is 0. The Bertz CT molecular complexity index is 266. The summed E-state index contributed by atoms with van der Waals surface area (Å²) in [5.41, 5.74) is 1.43. The predicted octanol–water partition coefficient (Wildman–Crippen LogP) is 4.60. The van der Waals surface area contributed by atoms with Gasteiger partial charge in [0.05, 0.1) is 0 Å². The standard InChI is InChI=1S/C12H17Br/c1-9(2)8-10(3)11-6-4-5-7-12(11)13/h4-7,9-10H,8H2,1-3H3. The quantitative estimate of drug-likeness (QED) is 0.725. The molecular formula is C12H17Br. The van der Waals surface area contributed by atoms with Gasteiger partial charge in [-0.25, -0.2) is 0 Å². The summed E-state index contributed by atoms with van der Waals surface area (Å²) in [5, 5.41) is 0. The van der Waals surface area contributed by atoms with Gasteiger partial charge in [0.25, 0.3) is 0 Å². The second-order valence-corrected chi connectivity index (χ2v) is 4.91. The van der Waals surface area contributed by atoms with Gasteiger partial charge in [-0.2, -0.15) is 0 Å². The van der Waals surface area contributed by atoms with Gasteiger partial charge < -0.3 is 0 Å². The molecule has 0 saturated carbocycles. The van der Waals surface area contributed by atoms with E-state index in [4.69, 9.17) is 0 Å². The Balaban J connectivity index is 2.76. The Morgan fingerprint density at radius 1 is 1.15 bits per heavy atom. The first kappa shape index (κ1) is 10.8. The zero-order valence-electron chi connectivity index (χ0n) is 8.55. The van der Waals surface area contributed by atoms with Gasteiger partial charge in [0.15, 0.2) is 0 Å². The van der Waals surface area contributed by atoms with E-state index in [-0.39, 0.29) is 0 Å². The minimum atomic E-state index is 0.649. The fraction of sp³-hybridized carbons (Fsp3) is 0.500. The van der Waals surface area contributed by atoms with Gasteiger partial charge >= 0.3 is 0 Å². The van der Waals surface area contributed by atoms with Crippen molar-refractivity contribution >= 4 is 15.9 Å². The van der Waals surface area contributed by atoms with Crippen LogP contribution in [0.1, 0.15) is 38.7 Å². The first-order valence-electron chi connectivity index (χ1n) is 4.85. The first-order chi connectivity index (χ1) is 6.11. The summed E-state index contributed by atoms with van der Waals surface area (Å²) in [6.45, 7) is 6.83. The van der Waals surface area contributed by atoms with Crippen LogP contribution in [0.3, 0.4) is 0 Å². The van der Waals surface area contributed by atoms with Crippen LogP contribution in [-0.4, -0.2) is 0 Å². The Labute approximate surface area is 89.5 Å². The lowest BCUT2D eigenvalue weighted by Gasteiger charge is -2.15. The van der Waals surface area contributed by atoms with E-state index >= 15 is 0 Å². The van der Waals surface area contributed by atoms with E-state index in [1.165, 1.54) is 16.5 Å². The van der Waals surface area contributed by atoms with Crippen LogP contribution in [0.2, 0.25) is 0 Å². The van der Waals surface area contributed by atoms with E-state index in [0.29, 0.717) is 5.92 Å². The second-order valence-electron chi connectivity index (χ2n) is 4.05. The number of benzene rings is 1. The zero-order valence-corrected chi connectivity index (χ0v) is 10.1. The maximum absolute atomic E-state index is 3.59. The third-order valence-corrected chi connectivity index (χ3v) is 2.98. The normalized spacial score (nSPS) is 13.3. The molecule has 0 aliphatic rings. The highest BCUT2D eigenvalue weighted by atomic mass is 79.9. The highest BCUT2D eigenvalue weighted by Gasteiger charge is 2.09. The SMILES string of the molecule is CC(C)CC(C)c1ccccc1Br. The maximum atomic E-state index is 3.59. The van der Waals surface area contributed by atoms with Crippen LogP contribution in [0.15, 0.2) is 28.7 Å². The van der Waals surface area contributed by atoms with E-state index in [9.17, 15) is 0 Å². The third-order valence-electron chi connectivity index (χ3n) is 2.26. The molecule has 0 aromatic heterocycles. The van der Waals surface area contributed by atoms with E-state index in [0.717, 1.165) is 5.92 Å². The molecule has 0 heterocycles. The molecule has 0 saturated heterocycles. The second kappa shape index (κ2) is 4.80. The molecule has 0 N–H and O–H groups in total. The molecule has 1 aromatic carbocycles. The van der Waals surface area contributed by atoms with E-state index in [2.05, 4.69) is 61.0 Å². The van der Waals surface area contributed by atoms with Crippen molar-refractivity contribution in [3.05, 3.63) is 34.3 Å². The molecule has 1 unspecified atom stereocenters. The summed E-state index contributed by atoms with van der Waals surface area (Å²) in [5.74, 6) is 1.41. The lowest BCUT2D eigenvalue weighted by molar-refractivity contribution is 0.522. The third kappa shape index (κ3) is 3.15. The van der Waals surface area contributed by atoms with Crippen molar-refractivity contribution in [2.24, 2.45) is 5.92 Å². The smallest absolute Gasteiger partial charge is 0.0210 e. The largest absolute Gasteiger partial charge is 0.0628 e. The number of halogens is 1. The lowest BCUT2D eigenvalue weighted by atomic mass is 9.92. The van der Waals surface area contributed by atoms with Crippen molar-refractivity contribution in [3.8, 4) is 0 Å². The van der Waals surface area contributed by atoms with E-state index in [1.807, 2.05) is 0 Å². The average molecular weight is 241 g/mol. The summed E-state index contributed by atoms with van der Waals surface area (Å²) in [7, 11) is 0. The van der Waals surface area contributed by atoms with Crippen LogP contribution in [-0.2, 0) is 0 Å². The molecule has 0 amide bonds. The molecule has 0 radical (unpaired) electrons. The minimum Gasteiger partial charge on any atom is -0.0628 e. The molecule has 0 fully saturated rings. The van der Waals surface area contributed by atoms with Crippen molar-refractivity contribution in [2.75, 3.05) is 0 Å². The summed E-state index contributed by atoms with van der Waals surface area (Å²) in [6.07, 6.45) is 1.25. The molecule has 72 valence electrons. The van der Waals surface area contributed by atoms with Gasteiger partial charge in [-0.1, -0.05) is 54.9 Å². The summed E-state index contributed by atoms with van der Waals surface area (Å²) < 4.78 is 1.24. The Hall–Kier alpha value is -0.300. The summed E-state index contributed by atoms with van der Waals surface area (Å²) in [6, 6.07) is 8.50. The summed E-state index contributed by atoms with van der Waals surface area (Å²) in [4.78, 5) is 0. The van der Waals surface area contributed by atoms with E-state index < -0.39 is 0 Å². The molecule has 0 nitrogen and oxygen atoms in total. The average Bonchev–Trinajstić information content (AvgIpc) is 2.03. The molecule has 1 aromatic rings. The van der Waals surface area contributed by atoms with Crippen molar-refractivity contribution in [2.45, 2.75) is 33.1 Å². The molecule has 0 aliphatic carbocycles. The fourth-order valence-corrected chi connectivity index (χ4v) is 2.38. The molecule has 0 bridgehead atoms. The zero-order chi connectivity index (χ0) is 9.84. The summed E-state index contributed by atoms with van der Waals surface area (Å²) >= 11 is 3.59. The van der Waals surface area contributed by atoms with E-state index in [1.54, 1.807) is 0 Å². The molecule has 1 rings (SSSR count).